The Kier molecular flexibility index (Phi) is 4.35. The van der Waals surface area contributed by atoms with E-state index in [0.29, 0.717) is 11.1 Å². The maximum Gasteiger partial charge on any atom is 0.125 e. The summed E-state index contributed by atoms with van der Waals surface area (Å²) in [5.74, 6) is 0.177. The number of rotatable bonds is 3. The number of aromatic hydroxyl groups is 1. The summed E-state index contributed by atoms with van der Waals surface area (Å²) < 4.78 is 1.08. The van der Waals surface area contributed by atoms with Crippen molar-refractivity contribution >= 4 is 43.9 Å². The lowest BCUT2D eigenvalue weighted by Crippen LogP contribution is -2.16. The van der Waals surface area contributed by atoms with Gasteiger partial charge in [-0.05, 0) is 43.6 Å². The van der Waals surface area contributed by atoms with E-state index in [1.165, 1.54) is 5.56 Å². The molecule has 1 N–H and O–H groups in total. The largest absolute Gasteiger partial charge is 0.507 e. The summed E-state index contributed by atoms with van der Waals surface area (Å²) in [6, 6.07) is 12.3. The molecule has 4 aromatic rings. The maximum absolute atomic E-state index is 10.7. The van der Waals surface area contributed by atoms with Gasteiger partial charge in [-0.15, -0.1) is 11.3 Å². The van der Waals surface area contributed by atoms with E-state index in [-0.39, 0.29) is 5.75 Å². The van der Waals surface area contributed by atoms with Crippen molar-refractivity contribution in [1.29, 1.82) is 0 Å². The minimum absolute atomic E-state index is 0.177. The van der Waals surface area contributed by atoms with Crippen molar-refractivity contribution in [3.63, 3.8) is 0 Å². The first-order chi connectivity index (χ1) is 12.5. The number of benzene rings is 2. The molecule has 0 bridgehead atoms. The second-order valence-electron chi connectivity index (χ2n) is 6.69. The van der Waals surface area contributed by atoms with Crippen LogP contribution in [0.25, 0.3) is 32.1 Å². The average Bonchev–Trinajstić information content (AvgIpc) is 3.10. The highest BCUT2D eigenvalue weighted by Crippen LogP contribution is 2.43. The Labute approximate surface area is 161 Å². The van der Waals surface area contributed by atoms with E-state index in [2.05, 4.69) is 61.2 Å². The van der Waals surface area contributed by atoms with Crippen LogP contribution >= 0.6 is 22.9 Å². The Morgan fingerprint density at radius 3 is 2.58 bits per heavy atom. The van der Waals surface area contributed by atoms with E-state index in [0.717, 1.165) is 32.1 Å². The number of fused-ring (bicyclic) bond motifs is 3. The fourth-order valence-corrected chi connectivity index (χ4v) is 4.29. The van der Waals surface area contributed by atoms with E-state index in [1.807, 2.05) is 11.6 Å². The first-order valence-corrected chi connectivity index (χ1v) is 9.67. The molecular formula is C21H19ClN2OS. The van der Waals surface area contributed by atoms with Crippen LogP contribution < -0.4 is 0 Å². The van der Waals surface area contributed by atoms with Crippen LogP contribution in [0.1, 0.15) is 18.5 Å². The molecule has 0 fully saturated rings. The van der Waals surface area contributed by atoms with Gasteiger partial charge in [0.1, 0.15) is 5.75 Å². The van der Waals surface area contributed by atoms with E-state index in [9.17, 15) is 5.11 Å². The lowest BCUT2D eigenvalue weighted by Gasteiger charge is -2.20. The number of halogens is 1. The second-order valence-corrected chi connectivity index (χ2v) is 8.05. The van der Waals surface area contributed by atoms with Crippen molar-refractivity contribution in [2.45, 2.75) is 13.0 Å². The third-order valence-corrected chi connectivity index (χ3v) is 6.10. The topological polar surface area (TPSA) is 36.4 Å². The van der Waals surface area contributed by atoms with Gasteiger partial charge >= 0.3 is 0 Å². The zero-order valence-corrected chi connectivity index (χ0v) is 16.4. The zero-order valence-electron chi connectivity index (χ0n) is 14.8. The molecule has 0 amide bonds. The van der Waals surface area contributed by atoms with Crippen LogP contribution in [-0.2, 0) is 0 Å². The Morgan fingerprint density at radius 2 is 1.88 bits per heavy atom. The molecule has 0 aliphatic rings. The molecule has 0 spiro atoms. The molecule has 4 rings (SSSR count). The smallest absolute Gasteiger partial charge is 0.125 e. The first kappa shape index (κ1) is 17.3. The van der Waals surface area contributed by atoms with Crippen LogP contribution in [0.5, 0.6) is 5.75 Å². The summed E-state index contributed by atoms with van der Waals surface area (Å²) in [5, 5.41) is 15.2. The highest BCUT2D eigenvalue weighted by Gasteiger charge is 2.17. The van der Waals surface area contributed by atoms with Gasteiger partial charge in [-0.3, -0.25) is 4.98 Å². The molecule has 132 valence electrons. The van der Waals surface area contributed by atoms with Gasteiger partial charge in [0.25, 0.3) is 0 Å². The lowest BCUT2D eigenvalue weighted by atomic mass is 9.95. The van der Waals surface area contributed by atoms with Gasteiger partial charge in [0.2, 0.25) is 0 Å². The van der Waals surface area contributed by atoms with E-state index in [4.69, 9.17) is 11.6 Å². The Balaban J connectivity index is 1.98. The number of hydrogen-bond acceptors (Lipinski definition) is 4. The quantitative estimate of drug-likeness (QED) is 0.465. The predicted octanol–water partition coefficient (Wildman–Crippen LogP) is 6.10. The van der Waals surface area contributed by atoms with Gasteiger partial charge in [0.05, 0.1) is 15.2 Å². The normalized spacial score (nSPS) is 13.0. The average molecular weight is 383 g/mol. The minimum atomic E-state index is 0.177. The summed E-state index contributed by atoms with van der Waals surface area (Å²) in [7, 11) is 4.13. The van der Waals surface area contributed by atoms with Gasteiger partial charge in [-0.1, -0.05) is 35.9 Å². The number of phenolic OH excluding ortho intramolecular Hbond substituents is 1. The molecule has 0 radical (unpaired) electrons. The highest BCUT2D eigenvalue weighted by atomic mass is 35.5. The number of phenols is 1. The van der Waals surface area contributed by atoms with Gasteiger partial charge in [-0.2, -0.15) is 0 Å². The molecule has 0 aliphatic heterocycles. The third-order valence-electron chi connectivity index (χ3n) is 4.96. The Hall–Kier alpha value is -2.14. The van der Waals surface area contributed by atoms with E-state index >= 15 is 0 Å². The van der Waals surface area contributed by atoms with Crippen LogP contribution in [0.2, 0.25) is 5.02 Å². The van der Waals surface area contributed by atoms with Crippen LogP contribution in [0.4, 0.5) is 0 Å². The van der Waals surface area contributed by atoms with Gasteiger partial charge in [-0.25, -0.2) is 0 Å². The molecule has 2 aromatic heterocycles. The maximum atomic E-state index is 10.7. The fraction of sp³-hybridized carbons (Fsp3) is 0.190. The van der Waals surface area contributed by atoms with Crippen LogP contribution in [0, 0.1) is 0 Å². The minimum Gasteiger partial charge on any atom is -0.507 e. The highest BCUT2D eigenvalue weighted by molar-refractivity contribution is 7.17. The van der Waals surface area contributed by atoms with Gasteiger partial charge in [0, 0.05) is 34.6 Å². The Morgan fingerprint density at radius 1 is 1.15 bits per heavy atom. The molecule has 5 heteroatoms. The summed E-state index contributed by atoms with van der Waals surface area (Å²) in [4.78, 5) is 6.71. The number of hydrogen-bond donors (Lipinski definition) is 1. The third kappa shape index (κ3) is 2.75. The molecule has 26 heavy (non-hydrogen) atoms. The molecule has 1 atom stereocenters. The number of pyridine rings is 1. The van der Waals surface area contributed by atoms with Crippen molar-refractivity contribution in [2.24, 2.45) is 0 Å². The Bertz CT molecular complexity index is 1100. The fourth-order valence-electron chi connectivity index (χ4n) is 3.28. The number of thiophene rings is 1. The first-order valence-electron chi connectivity index (χ1n) is 8.41. The molecule has 0 saturated heterocycles. The SMILES string of the molecule is CC(c1ccc(-c2c(O)cc(Cl)c3ncc4sccc4c23)cc1)N(C)C. The molecular weight excluding hydrogens is 364 g/mol. The van der Waals surface area contributed by atoms with Crippen LogP contribution in [0.3, 0.4) is 0 Å². The van der Waals surface area contributed by atoms with E-state index < -0.39 is 0 Å². The van der Waals surface area contributed by atoms with Gasteiger partial charge < -0.3 is 10.0 Å². The monoisotopic (exact) mass is 382 g/mol. The number of aromatic nitrogens is 1. The summed E-state index contributed by atoms with van der Waals surface area (Å²) >= 11 is 8.00. The van der Waals surface area contributed by atoms with Crippen molar-refractivity contribution in [2.75, 3.05) is 14.1 Å². The van der Waals surface area contributed by atoms with Crippen LogP contribution in [0.15, 0.2) is 48.0 Å². The van der Waals surface area contributed by atoms with Crippen molar-refractivity contribution in [3.8, 4) is 16.9 Å². The van der Waals surface area contributed by atoms with Crippen molar-refractivity contribution in [3.05, 3.63) is 58.6 Å². The summed E-state index contributed by atoms with van der Waals surface area (Å²) in [6.07, 6.45) is 1.84. The summed E-state index contributed by atoms with van der Waals surface area (Å²) in [5.41, 5.74) is 3.69. The van der Waals surface area contributed by atoms with Crippen LogP contribution in [-0.4, -0.2) is 29.1 Å². The zero-order chi connectivity index (χ0) is 18.4. The number of nitrogens with zero attached hydrogens (tertiary/aromatic N) is 2. The molecule has 0 saturated carbocycles. The molecule has 3 nitrogen and oxygen atoms in total. The standard InChI is InChI=1S/C21H19ClN2OS/c1-12(24(2)3)13-4-6-14(7-5-13)19-17(25)10-16(22)21-20(19)15-8-9-26-18(15)11-23-21/h4-12,25H,1-3H3. The summed E-state index contributed by atoms with van der Waals surface area (Å²) in [6.45, 7) is 2.17. The molecule has 2 heterocycles. The van der Waals surface area contributed by atoms with Crippen molar-refractivity contribution < 1.29 is 5.11 Å². The van der Waals surface area contributed by atoms with E-state index in [1.54, 1.807) is 17.4 Å². The molecule has 1 unspecified atom stereocenters. The second kappa shape index (κ2) is 6.54. The predicted molar refractivity (Wildman–Crippen MR) is 111 cm³/mol. The van der Waals surface area contributed by atoms with Crippen molar-refractivity contribution in [1.82, 2.24) is 9.88 Å². The van der Waals surface area contributed by atoms with Gasteiger partial charge in [0.15, 0.2) is 0 Å². The molecule has 0 aliphatic carbocycles. The lowest BCUT2D eigenvalue weighted by molar-refractivity contribution is 0.321. The molecule has 2 aromatic carbocycles.